The molecule has 18 heavy (non-hydrogen) atoms. The molecule has 1 aliphatic heterocycles. The van der Waals surface area contributed by atoms with Crippen LogP contribution in [-0.2, 0) is 4.79 Å². The number of hydrogen-bond donors (Lipinski definition) is 1. The molecule has 0 saturated carbocycles. The summed E-state index contributed by atoms with van der Waals surface area (Å²) in [6.07, 6.45) is 2.51. The first-order valence-electron chi connectivity index (χ1n) is 6.39. The summed E-state index contributed by atoms with van der Waals surface area (Å²) < 4.78 is 0. The second-order valence-electron chi connectivity index (χ2n) is 4.48. The van der Waals surface area contributed by atoms with E-state index in [1.165, 1.54) is 4.90 Å². The lowest BCUT2D eigenvalue weighted by atomic mass is 10.2. The summed E-state index contributed by atoms with van der Waals surface area (Å²) in [4.78, 5) is 15.0. The van der Waals surface area contributed by atoms with Gasteiger partial charge in [-0.2, -0.15) is 0 Å². The van der Waals surface area contributed by atoms with E-state index in [9.17, 15) is 9.90 Å². The number of nitrogens with zero attached hydrogens (tertiary/aromatic N) is 1. The van der Waals surface area contributed by atoms with Gasteiger partial charge in [0.05, 0.1) is 12.6 Å². The van der Waals surface area contributed by atoms with Crippen molar-refractivity contribution in [3.05, 3.63) is 30.3 Å². The number of likely N-dealkylation sites (tertiary alicyclic amines) is 1. The van der Waals surface area contributed by atoms with Crippen LogP contribution in [0.4, 0.5) is 0 Å². The highest BCUT2D eigenvalue weighted by molar-refractivity contribution is 7.99. The maximum atomic E-state index is 12.0. The van der Waals surface area contributed by atoms with Gasteiger partial charge in [-0.1, -0.05) is 18.2 Å². The maximum absolute atomic E-state index is 12.0. The van der Waals surface area contributed by atoms with E-state index in [0.29, 0.717) is 6.42 Å². The highest BCUT2D eigenvalue weighted by Gasteiger charge is 2.27. The Balaban J connectivity index is 1.75. The average molecular weight is 265 g/mol. The van der Waals surface area contributed by atoms with Crippen LogP contribution < -0.4 is 0 Å². The summed E-state index contributed by atoms with van der Waals surface area (Å²) in [6, 6.07) is 10.2. The van der Waals surface area contributed by atoms with Gasteiger partial charge in [0.15, 0.2) is 0 Å². The van der Waals surface area contributed by atoms with Crippen molar-refractivity contribution in [1.82, 2.24) is 4.90 Å². The van der Waals surface area contributed by atoms with E-state index in [0.717, 1.165) is 25.1 Å². The summed E-state index contributed by atoms with van der Waals surface area (Å²) >= 11 is 1.71. The molecule has 0 radical (unpaired) electrons. The van der Waals surface area contributed by atoms with Crippen LogP contribution in [0.1, 0.15) is 19.3 Å². The number of aliphatic hydroxyl groups is 1. The molecule has 98 valence electrons. The van der Waals surface area contributed by atoms with E-state index in [2.05, 4.69) is 12.1 Å². The van der Waals surface area contributed by atoms with E-state index in [1.807, 2.05) is 23.1 Å². The Kier molecular flexibility index (Phi) is 5.08. The van der Waals surface area contributed by atoms with Crippen molar-refractivity contribution in [3.8, 4) is 0 Å². The Bertz CT molecular complexity index is 383. The molecule has 3 nitrogen and oxygen atoms in total. The topological polar surface area (TPSA) is 40.5 Å². The molecule has 1 aromatic rings. The lowest BCUT2D eigenvalue weighted by molar-refractivity contribution is -0.132. The standard InChI is InChI=1S/C14H19NO2S/c16-11-12-5-4-9-15(12)14(17)8-10-18-13-6-2-1-3-7-13/h1-3,6-7,12,16H,4-5,8-11H2. The number of amides is 1. The lowest BCUT2D eigenvalue weighted by Gasteiger charge is -2.22. The fourth-order valence-electron chi connectivity index (χ4n) is 2.27. The maximum Gasteiger partial charge on any atom is 0.223 e. The Morgan fingerprint density at radius 2 is 2.17 bits per heavy atom. The van der Waals surface area contributed by atoms with Gasteiger partial charge in [0.1, 0.15) is 0 Å². The molecule has 0 aliphatic carbocycles. The minimum Gasteiger partial charge on any atom is -0.394 e. The average Bonchev–Trinajstić information content (AvgIpc) is 2.88. The van der Waals surface area contributed by atoms with Crippen molar-refractivity contribution in [2.24, 2.45) is 0 Å². The summed E-state index contributed by atoms with van der Waals surface area (Å²) in [5.74, 6) is 0.979. The van der Waals surface area contributed by atoms with Gasteiger partial charge in [0.25, 0.3) is 0 Å². The van der Waals surface area contributed by atoms with Crippen molar-refractivity contribution < 1.29 is 9.90 Å². The van der Waals surface area contributed by atoms with Crippen LogP contribution in [0, 0.1) is 0 Å². The molecular weight excluding hydrogens is 246 g/mol. The minimum absolute atomic E-state index is 0.0548. The molecular formula is C14H19NO2S. The Hall–Kier alpha value is -1.00. The number of thioether (sulfide) groups is 1. The second kappa shape index (κ2) is 6.81. The fraction of sp³-hybridized carbons (Fsp3) is 0.500. The van der Waals surface area contributed by atoms with Gasteiger partial charge in [-0.15, -0.1) is 11.8 Å². The molecule has 1 atom stereocenters. The van der Waals surface area contributed by atoms with E-state index in [-0.39, 0.29) is 18.6 Å². The monoisotopic (exact) mass is 265 g/mol. The van der Waals surface area contributed by atoms with E-state index in [4.69, 9.17) is 0 Å². The first-order valence-corrected chi connectivity index (χ1v) is 7.38. The number of hydrogen-bond acceptors (Lipinski definition) is 3. The summed E-state index contributed by atoms with van der Waals surface area (Å²) in [7, 11) is 0. The first-order chi connectivity index (χ1) is 8.81. The van der Waals surface area contributed by atoms with Gasteiger partial charge in [-0.25, -0.2) is 0 Å². The highest BCUT2D eigenvalue weighted by atomic mass is 32.2. The molecule has 1 fully saturated rings. The lowest BCUT2D eigenvalue weighted by Crippen LogP contribution is -2.37. The highest BCUT2D eigenvalue weighted by Crippen LogP contribution is 2.21. The molecule has 4 heteroatoms. The van der Waals surface area contributed by atoms with E-state index < -0.39 is 0 Å². The molecule has 1 aliphatic rings. The van der Waals surface area contributed by atoms with Crippen molar-refractivity contribution >= 4 is 17.7 Å². The molecule has 1 aromatic carbocycles. The van der Waals surface area contributed by atoms with Crippen molar-refractivity contribution in [1.29, 1.82) is 0 Å². The van der Waals surface area contributed by atoms with Gasteiger partial charge in [0.2, 0.25) is 5.91 Å². The van der Waals surface area contributed by atoms with Gasteiger partial charge in [0, 0.05) is 23.6 Å². The number of rotatable bonds is 5. The Morgan fingerprint density at radius 3 is 2.89 bits per heavy atom. The zero-order valence-electron chi connectivity index (χ0n) is 10.4. The smallest absolute Gasteiger partial charge is 0.223 e. The third-order valence-electron chi connectivity index (χ3n) is 3.24. The predicted octanol–water partition coefficient (Wildman–Crippen LogP) is 2.15. The molecule has 1 saturated heterocycles. The molecule has 1 N–H and O–H groups in total. The van der Waals surface area contributed by atoms with Crippen LogP contribution in [0.15, 0.2) is 35.2 Å². The zero-order chi connectivity index (χ0) is 12.8. The Morgan fingerprint density at radius 1 is 1.39 bits per heavy atom. The number of benzene rings is 1. The van der Waals surface area contributed by atoms with Crippen LogP contribution in [0.2, 0.25) is 0 Å². The normalized spacial score (nSPS) is 19.2. The summed E-state index contributed by atoms with van der Waals surface area (Å²) in [6.45, 7) is 0.900. The van der Waals surface area contributed by atoms with Crippen LogP contribution in [0.5, 0.6) is 0 Å². The third kappa shape index (κ3) is 3.50. The minimum atomic E-state index is 0.0548. The predicted molar refractivity (Wildman–Crippen MR) is 73.6 cm³/mol. The van der Waals surface area contributed by atoms with Crippen LogP contribution in [-0.4, -0.2) is 40.9 Å². The first kappa shape index (κ1) is 13.4. The van der Waals surface area contributed by atoms with E-state index in [1.54, 1.807) is 11.8 Å². The van der Waals surface area contributed by atoms with Crippen LogP contribution in [0.25, 0.3) is 0 Å². The molecule has 1 unspecified atom stereocenters. The fourth-order valence-corrected chi connectivity index (χ4v) is 3.13. The summed E-state index contributed by atoms with van der Waals surface area (Å²) in [5.41, 5.74) is 0. The van der Waals surface area contributed by atoms with Gasteiger partial charge >= 0.3 is 0 Å². The quantitative estimate of drug-likeness (QED) is 0.829. The van der Waals surface area contributed by atoms with Gasteiger partial charge in [-0.3, -0.25) is 4.79 Å². The van der Waals surface area contributed by atoms with Gasteiger partial charge < -0.3 is 10.0 Å². The SMILES string of the molecule is O=C(CCSc1ccccc1)N1CCCC1CO. The molecule has 0 bridgehead atoms. The van der Waals surface area contributed by atoms with Crippen molar-refractivity contribution in [3.63, 3.8) is 0 Å². The third-order valence-corrected chi connectivity index (χ3v) is 4.25. The molecule has 0 aromatic heterocycles. The number of carbonyl (C=O) groups excluding carboxylic acids is 1. The summed E-state index contributed by atoms with van der Waals surface area (Å²) in [5, 5.41) is 9.19. The molecule has 0 spiro atoms. The largest absolute Gasteiger partial charge is 0.394 e. The van der Waals surface area contributed by atoms with Crippen LogP contribution in [0.3, 0.4) is 0 Å². The molecule has 1 amide bonds. The van der Waals surface area contributed by atoms with E-state index >= 15 is 0 Å². The van der Waals surface area contributed by atoms with Crippen molar-refractivity contribution in [2.45, 2.75) is 30.2 Å². The van der Waals surface area contributed by atoms with Crippen molar-refractivity contribution in [2.75, 3.05) is 18.9 Å². The van der Waals surface area contributed by atoms with Crippen LogP contribution >= 0.6 is 11.8 Å². The molecule has 1 heterocycles. The number of carbonyl (C=O) groups is 1. The number of aliphatic hydroxyl groups excluding tert-OH is 1. The second-order valence-corrected chi connectivity index (χ2v) is 5.65. The Labute approximate surface area is 112 Å². The molecule has 2 rings (SSSR count). The van der Waals surface area contributed by atoms with Gasteiger partial charge in [-0.05, 0) is 25.0 Å². The zero-order valence-corrected chi connectivity index (χ0v) is 11.2.